The number of benzene rings is 2. The van der Waals surface area contributed by atoms with Crippen LogP contribution < -0.4 is 20.1 Å². The van der Waals surface area contributed by atoms with Crippen LogP contribution in [0.2, 0.25) is 0 Å². The Morgan fingerprint density at radius 1 is 0.812 bits per heavy atom. The largest absolute Gasteiger partial charge is 0.496 e. The van der Waals surface area contributed by atoms with Gasteiger partial charge < -0.3 is 24.8 Å². The molecule has 9 heteroatoms. The molecule has 2 N–H and O–H groups in total. The van der Waals surface area contributed by atoms with E-state index in [1.807, 2.05) is 0 Å². The summed E-state index contributed by atoms with van der Waals surface area (Å²) in [5, 5.41) is 5.70. The molecule has 0 bridgehead atoms. The topological polar surface area (TPSA) is 103 Å². The molecule has 32 heavy (non-hydrogen) atoms. The summed E-state index contributed by atoms with van der Waals surface area (Å²) >= 11 is 0.981. The zero-order chi connectivity index (χ0) is 23.3. The highest BCUT2D eigenvalue weighted by Crippen LogP contribution is 2.35. The highest BCUT2D eigenvalue weighted by molar-refractivity contribution is 7.19. The molecule has 1 aromatic heterocycles. The van der Waals surface area contributed by atoms with Gasteiger partial charge in [0.05, 0.1) is 43.0 Å². The summed E-state index contributed by atoms with van der Waals surface area (Å²) in [5.74, 6) is -0.712. The van der Waals surface area contributed by atoms with Crippen LogP contribution >= 0.6 is 11.3 Å². The zero-order valence-electron chi connectivity index (χ0n) is 18.0. The van der Waals surface area contributed by atoms with E-state index < -0.39 is 17.8 Å². The van der Waals surface area contributed by atoms with E-state index in [0.717, 1.165) is 11.3 Å². The average Bonchev–Trinajstić information content (AvgIpc) is 3.14. The summed E-state index contributed by atoms with van der Waals surface area (Å²) in [6.45, 7) is 1.62. The Bertz CT molecular complexity index is 1170. The summed E-state index contributed by atoms with van der Waals surface area (Å²) in [4.78, 5) is 38.6. The van der Waals surface area contributed by atoms with Gasteiger partial charge in [0, 0.05) is 0 Å². The maximum Gasteiger partial charge on any atom is 0.341 e. The maximum atomic E-state index is 13.0. The Morgan fingerprint density at radius 3 is 2.09 bits per heavy atom. The first kappa shape index (κ1) is 22.8. The second-order valence-electron chi connectivity index (χ2n) is 6.56. The highest BCUT2D eigenvalue weighted by atomic mass is 32.1. The normalized spacial score (nSPS) is 10.2. The van der Waals surface area contributed by atoms with Crippen molar-refractivity contribution in [2.45, 2.75) is 6.92 Å². The standard InChI is InChI=1S/C23H22N2O6S/c1-13-18(23(28)31-4)22(25-20(26)14-9-5-7-11-16(14)29-2)32-19(13)21(27)24-15-10-6-8-12-17(15)30-3/h5-12H,1-4H3,(H,24,27)(H,25,26). The number of rotatable bonds is 7. The number of para-hydroxylation sites is 3. The number of esters is 1. The molecular weight excluding hydrogens is 432 g/mol. The number of thiophene rings is 1. The van der Waals surface area contributed by atoms with Crippen molar-refractivity contribution in [1.29, 1.82) is 0 Å². The van der Waals surface area contributed by atoms with Gasteiger partial charge in [-0.15, -0.1) is 11.3 Å². The molecule has 0 aliphatic rings. The van der Waals surface area contributed by atoms with E-state index in [2.05, 4.69) is 10.6 Å². The van der Waals surface area contributed by atoms with Crippen molar-refractivity contribution in [3.8, 4) is 11.5 Å². The van der Waals surface area contributed by atoms with E-state index in [9.17, 15) is 14.4 Å². The molecule has 2 amide bonds. The summed E-state index contributed by atoms with van der Waals surface area (Å²) in [5.41, 5.74) is 1.28. The van der Waals surface area contributed by atoms with E-state index in [4.69, 9.17) is 14.2 Å². The minimum absolute atomic E-state index is 0.117. The lowest BCUT2D eigenvalue weighted by molar-refractivity contribution is 0.0601. The number of amides is 2. The Morgan fingerprint density at radius 2 is 1.44 bits per heavy atom. The van der Waals surface area contributed by atoms with Gasteiger partial charge in [-0.25, -0.2) is 4.79 Å². The number of carbonyl (C=O) groups excluding carboxylic acids is 3. The van der Waals surface area contributed by atoms with E-state index >= 15 is 0 Å². The van der Waals surface area contributed by atoms with Crippen molar-refractivity contribution in [3.05, 3.63) is 70.1 Å². The zero-order valence-corrected chi connectivity index (χ0v) is 18.8. The number of hydrogen-bond donors (Lipinski definition) is 2. The smallest absolute Gasteiger partial charge is 0.341 e. The second kappa shape index (κ2) is 9.97. The summed E-state index contributed by atoms with van der Waals surface area (Å²) in [6.07, 6.45) is 0. The number of nitrogens with one attached hydrogen (secondary N) is 2. The number of hydrogen-bond acceptors (Lipinski definition) is 7. The van der Waals surface area contributed by atoms with Gasteiger partial charge >= 0.3 is 5.97 Å². The Kier molecular flexibility index (Phi) is 7.11. The number of ether oxygens (including phenoxy) is 3. The van der Waals surface area contributed by atoms with Gasteiger partial charge in [-0.1, -0.05) is 24.3 Å². The third-order valence-electron chi connectivity index (χ3n) is 4.68. The SMILES string of the molecule is COC(=O)c1c(NC(=O)c2ccccc2OC)sc(C(=O)Nc2ccccc2OC)c1C. The molecule has 166 valence electrons. The molecule has 0 fully saturated rings. The fraction of sp³-hybridized carbons (Fsp3) is 0.174. The lowest BCUT2D eigenvalue weighted by Crippen LogP contribution is -2.15. The fourth-order valence-electron chi connectivity index (χ4n) is 3.10. The molecule has 0 radical (unpaired) electrons. The first-order valence-electron chi connectivity index (χ1n) is 9.51. The predicted octanol–water partition coefficient (Wildman–Crippen LogP) is 4.36. The molecule has 3 aromatic rings. The Labute approximate surface area is 189 Å². The molecule has 0 saturated carbocycles. The first-order chi connectivity index (χ1) is 15.4. The lowest BCUT2D eigenvalue weighted by atomic mass is 10.1. The van der Waals surface area contributed by atoms with Crippen molar-refractivity contribution in [3.63, 3.8) is 0 Å². The monoisotopic (exact) mass is 454 g/mol. The highest BCUT2D eigenvalue weighted by Gasteiger charge is 2.27. The van der Waals surface area contributed by atoms with Gasteiger partial charge in [0.2, 0.25) is 0 Å². The van der Waals surface area contributed by atoms with E-state index in [1.165, 1.54) is 21.3 Å². The third-order valence-corrected chi connectivity index (χ3v) is 5.88. The van der Waals surface area contributed by atoms with Crippen LogP contribution in [0.25, 0.3) is 0 Å². The average molecular weight is 455 g/mol. The van der Waals surface area contributed by atoms with Crippen molar-refractivity contribution in [2.24, 2.45) is 0 Å². The van der Waals surface area contributed by atoms with E-state index in [-0.39, 0.29) is 21.0 Å². The minimum atomic E-state index is -0.662. The fourth-order valence-corrected chi connectivity index (χ4v) is 4.18. The summed E-state index contributed by atoms with van der Waals surface area (Å²) in [6, 6.07) is 13.7. The van der Waals surface area contributed by atoms with Crippen LogP contribution in [0.1, 0.15) is 36.0 Å². The van der Waals surface area contributed by atoms with E-state index in [0.29, 0.717) is 22.7 Å². The molecule has 8 nitrogen and oxygen atoms in total. The van der Waals surface area contributed by atoms with Crippen molar-refractivity contribution in [1.82, 2.24) is 0 Å². The summed E-state index contributed by atoms with van der Waals surface area (Å²) < 4.78 is 15.4. The molecule has 0 spiro atoms. The number of methoxy groups -OCH3 is 3. The van der Waals surface area contributed by atoms with Crippen LogP contribution in [0.3, 0.4) is 0 Å². The van der Waals surface area contributed by atoms with Gasteiger partial charge in [-0.05, 0) is 36.8 Å². The van der Waals surface area contributed by atoms with Gasteiger partial charge in [0.1, 0.15) is 16.5 Å². The van der Waals surface area contributed by atoms with Gasteiger partial charge in [-0.2, -0.15) is 0 Å². The molecule has 0 saturated heterocycles. The Balaban J connectivity index is 1.97. The number of carbonyl (C=O) groups is 3. The molecule has 2 aromatic carbocycles. The second-order valence-corrected chi connectivity index (χ2v) is 7.58. The van der Waals surface area contributed by atoms with Crippen LogP contribution in [-0.4, -0.2) is 39.1 Å². The molecule has 0 unspecified atom stereocenters. The minimum Gasteiger partial charge on any atom is -0.496 e. The van der Waals surface area contributed by atoms with Crippen LogP contribution in [0.15, 0.2) is 48.5 Å². The quantitative estimate of drug-likeness (QED) is 0.514. The maximum absolute atomic E-state index is 13.0. The first-order valence-corrected chi connectivity index (χ1v) is 10.3. The van der Waals surface area contributed by atoms with Crippen LogP contribution in [-0.2, 0) is 4.74 Å². The number of anilines is 2. The molecular formula is C23H22N2O6S. The van der Waals surface area contributed by atoms with Crippen LogP contribution in [0, 0.1) is 6.92 Å². The lowest BCUT2D eigenvalue weighted by Gasteiger charge is -2.09. The predicted molar refractivity (Wildman–Crippen MR) is 122 cm³/mol. The molecule has 0 aliphatic heterocycles. The van der Waals surface area contributed by atoms with Crippen molar-refractivity contribution in [2.75, 3.05) is 32.0 Å². The van der Waals surface area contributed by atoms with Crippen LogP contribution in [0.4, 0.5) is 10.7 Å². The van der Waals surface area contributed by atoms with Crippen LogP contribution in [0.5, 0.6) is 11.5 Å². The molecule has 3 rings (SSSR count). The molecule has 0 atom stereocenters. The summed E-state index contributed by atoms with van der Waals surface area (Å²) in [7, 11) is 4.20. The van der Waals surface area contributed by atoms with Crippen molar-refractivity contribution < 1.29 is 28.6 Å². The Hall–Kier alpha value is -3.85. The van der Waals surface area contributed by atoms with E-state index in [1.54, 1.807) is 55.5 Å². The third kappa shape index (κ3) is 4.57. The van der Waals surface area contributed by atoms with Gasteiger partial charge in [-0.3, -0.25) is 9.59 Å². The molecule has 0 aliphatic carbocycles. The van der Waals surface area contributed by atoms with Gasteiger partial charge in [0.25, 0.3) is 11.8 Å². The van der Waals surface area contributed by atoms with Gasteiger partial charge in [0.15, 0.2) is 0 Å². The molecule has 1 heterocycles. The van der Waals surface area contributed by atoms with Crippen molar-refractivity contribution >= 4 is 39.8 Å².